The van der Waals surface area contributed by atoms with Gasteiger partial charge in [0.2, 0.25) is 0 Å². The lowest BCUT2D eigenvalue weighted by Gasteiger charge is -2.32. The molecule has 1 N–H and O–H groups in total. The van der Waals surface area contributed by atoms with Gasteiger partial charge in [0.25, 0.3) is 5.91 Å². The van der Waals surface area contributed by atoms with E-state index >= 15 is 0 Å². The average Bonchev–Trinajstić information content (AvgIpc) is 3.25. The molecule has 4 rings (SSSR count). The van der Waals surface area contributed by atoms with Gasteiger partial charge < -0.3 is 9.88 Å². The van der Waals surface area contributed by atoms with E-state index in [1.165, 1.54) is 11.9 Å². The van der Waals surface area contributed by atoms with Gasteiger partial charge in [-0.3, -0.25) is 9.48 Å². The number of carbonyl (C=O) groups excluding carboxylic acids is 1. The van der Waals surface area contributed by atoms with Gasteiger partial charge in [0.15, 0.2) is 5.69 Å². The molecule has 0 aromatic carbocycles. The summed E-state index contributed by atoms with van der Waals surface area (Å²) in [5, 5.41) is 4.47. The number of aromatic nitrogens is 4. The first-order valence-corrected chi connectivity index (χ1v) is 8.66. The third-order valence-electron chi connectivity index (χ3n) is 5.03. The molecule has 1 amide bonds. The van der Waals surface area contributed by atoms with Crippen molar-refractivity contribution in [1.82, 2.24) is 24.6 Å². The topological polar surface area (TPSA) is 66.8 Å². The van der Waals surface area contributed by atoms with E-state index in [0.29, 0.717) is 25.9 Å². The first-order chi connectivity index (χ1) is 12.8. The zero-order valence-corrected chi connectivity index (χ0v) is 14.6. The number of amides is 1. The molecule has 4 heterocycles. The number of pyridine rings is 1. The highest BCUT2D eigenvalue weighted by molar-refractivity contribution is 5.95. The molecule has 0 spiro atoms. The van der Waals surface area contributed by atoms with E-state index in [0.717, 1.165) is 27.5 Å². The third-order valence-corrected chi connectivity index (χ3v) is 5.03. The number of fused-ring (bicyclic) bond motifs is 1. The third kappa shape index (κ3) is 3.17. The average molecular weight is 377 g/mol. The SMILES string of the molecule is Cn1cc(C(=O)N2CCC(c3c[nH]c4ncccc34)CC2)c(C(F)(F)F)n1. The normalized spacial score (nSPS) is 16.2. The number of halogens is 3. The number of alkyl halides is 3. The van der Waals surface area contributed by atoms with Crippen LogP contribution in [0.5, 0.6) is 0 Å². The number of carbonyl (C=O) groups is 1. The van der Waals surface area contributed by atoms with Crippen LogP contribution in [0.15, 0.2) is 30.7 Å². The zero-order chi connectivity index (χ0) is 19.2. The van der Waals surface area contributed by atoms with E-state index in [1.807, 2.05) is 18.3 Å². The van der Waals surface area contributed by atoms with Gasteiger partial charge in [-0.1, -0.05) is 0 Å². The number of nitrogens with zero attached hydrogens (tertiary/aromatic N) is 4. The van der Waals surface area contributed by atoms with Crippen LogP contribution in [0.3, 0.4) is 0 Å². The first kappa shape index (κ1) is 17.6. The Labute approximate surface area is 153 Å². The van der Waals surface area contributed by atoms with Crippen LogP contribution < -0.4 is 0 Å². The maximum absolute atomic E-state index is 13.1. The van der Waals surface area contributed by atoms with Crippen molar-refractivity contribution in [3.63, 3.8) is 0 Å². The number of H-pyrrole nitrogens is 1. The Morgan fingerprint density at radius 3 is 2.74 bits per heavy atom. The highest BCUT2D eigenvalue weighted by Gasteiger charge is 2.40. The van der Waals surface area contributed by atoms with Crippen molar-refractivity contribution in [2.24, 2.45) is 7.05 Å². The Bertz CT molecular complexity index is 982. The fourth-order valence-corrected chi connectivity index (χ4v) is 3.73. The Hall–Kier alpha value is -2.84. The van der Waals surface area contributed by atoms with E-state index in [-0.39, 0.29) is 11.5 Å². The maximum atomic E-state index is 13.1. The van der Waals surface area contributed by atoms with Crippen LogP contribution in [0.2, 0.25) is 0 Å². The molecule has 0 saturated carbocycles. The number of aryl methyl sites for hydroxylation is 1. The minimum atomic E-state index is -4.65. The van der Waals surface area contributed by atoms with Gasteiger partial charge in [-0.25, -0.2) is 4.98 Å². The summed E-state index contributed by atoms with van der Waals surface area (Å²) in [6.45, 7) is 0.811. The summed E-state index contributed by atoms with van der Waals surface area (Å²) in [5.41, 5.74) is 0.443. The second-order valence-corrected chi connectivity index (χ2v) is 6.77. The minimum absolute atomic E-state index is 0.239. The largest absolute Gasteiger partial charge is 0.435 e. The summed E-state index contributed by atoms with van der Waals surface area (Å²) in [4.78, 5) is 21.5. The number of piperidine rings is 1. The van der Waals surface area contributed by atoms with Crippen molar-refractivity contribution in [1.29, 1.82) is 0 Å². The molecule has 9 heteroatoms. The van der Waals surface area contributed by atoms with Crippen LogP contribution in [-0.2, 0) is 13.2 Å². The molecule has 142 valence electrons. The number of likely N-dealkylation sites (tertiary alicyclic amines) is 1. The first-order valence-electron chi connectivity index (χ1n) is 8.66. The van der Waals surface area contributed by atoms with Gasteiger partial charge in [-0.05, 0) is 36.5 Å². The van der Waals surface area contributed by atoms with Gasteiger partial charge >= 0.3 is 6.18 Å². The Kier molecular flexibility index (Phi) is 4.16. The summed E-state index contributed by atoms with van der Waals surface area (Å²) >= 11 is 0. The lowest BCUT2D eigenvalue weighted by Crippen LogP contribution is -2.38. The summed E-state index contributed by atoms with van der Waals surface area (Å²) < 4.78 is 40.4. The van der Waals surface area contributed by atoms with Gasteiger partial charge in [0.1, 0.15) is 5.65 Å². The molecule has 3 aromatic heterocycles. The minimum Gasteiger partial charge on any atom is -0.346 e. The Balaban J connectivity index is 1.51. The van der Waals surface area contributed by atoms with E-state index in [1.54, 1.807) is 6.20 Å². The quantitative estimate of drug-likeness (QED) is 0.745. The molecule has 1 fully saturated rings. The van der Waals surface area contributed by atoms with Crippen LogP contribution in [-0.4, -0.2) is 43.6 Å². The molecule has 0 bridgehead atoms. The van der Waals surface area contributed by atoms with Crippen LogP contribution in [0.1, 0.15) is 40.4 Å². The molecule has 0 aliphatic carbocycles. The molecular weight excluding hydrogens is 359 g/mol. The van der Waals surface area contributed by atoms with E-state index in [2.05, 4.69) is 15.1 Å². The van der Waals surface area contributed by atoms with Crippen LogP contribution >= 0.6 is 0 Å². The van der Waals surface area contributed by atoms with Crippen molar-refractivity contribution in [2.45, 2.75) is 24.9 Å². The Morgan fingerprint density at radius 1 is 1.30 bits per heavy atom. The number of aromatic amines is 1. The van der Waals surface area contributed by atoms with E-state index in [4.69, 9.17) is 0 Å². The second kappa shape index (κ2) is 6.40. The van der Waals surface area contributed by atoms with Gasteiger partial charge in [0, 0.05) is 44.1 Å². The number of hydrogen-bond acceptors (Lipinski definition) is 3. The molecule has 6 nitrogen and oxygen atoms in total. The molecule has 0 atom stereocenters. The van der Waals surface area contributed by atoms with Gasteiger partial charge in [-0.15, -0.1) is 0 Å². The van der Waals surface area contributed by atoms with Crippen molar-refractivity contribution in [2.75, 3.05) is 13.1 Å². The summed E-state index contributed by atoms with van der Waals surface area (Å²) in [5.74, 6) is -0.377. The lowest BCUT2D eigenvalue weighted by atomic mass is 9.89. The molecule has 1 aliphatic heterocycles. The summed E-state index contributed by atoms with van der Waals surface area (Å²) in [6.07, 6.45) is 1.52. The predicted molar refractivity (Wildman–Crippen MR) is 92.2 cm³/mol. The zero-order valence-electron chi connectivity index (χ0n) is 14.6. The van der Waals surface area contributed by atoms with E-state index < -0.39 is 17.8 Å². The van der Waals surface area contributed by atoms with Crippen molar-refractivity contribution >= 4 is 16.9 Å². The molecule has 1 saturated heterocycles. The molecule has 0 unspecified atom stereocenters. The second-order valence-electron chi connectivity index (χ2n) is 6.77. The highest BCUT2D eigenvalue weighted by atomic mass is 19.4. The van der Waals surface area contributed by atoms with Crippen LogP contribution in [0.4, 0.5) is 13.2 Å². The maximum Gasteiger partial charge on any atom is 0.435 e. The fourth-order valence-electron chi connectivity index (χ4n) is 3.73. The number of hydrogen-bond donors (Lipinski definition) is 1. The lowest BCUT2D eigenvalue weighted by molar-refractivity contribution is -0.141. The Morgan fingerprint density at radius 2 is 2.04 bits per heavy atom. The monoisotopic (exact) mass is 377 g/mol. The van der Waals surface area contributed by atoms with Crippen LogP contribution in [0.25, 0.3) is 11.0 Å². The predicted octanol–water partition coefficient (Wildman–Crippen LogP) is 3.34. The standard InChI is InChI=1S/C18H18F3N5O/c1-25-10-14(15(24-25)18(19,20)21)17(27)26-7-4-11(5-8-26)13-9-23-16-12(13)3-2-6-22-16/h2-3,6,9-11H,4-5,7-8H2,1H3,(H,22,23). The van der Waals surface area contributed by atoms with E-state index in [9.17, 15) is 18.0 Å². The van der Waals surface area contributed by atoms with Gasteiger partial charge in [-0.2, -0.15) is 18.3 Å². The number of rotatable bonds is 2. The summed E-state index contributed by atoms with van der Waals surface area (Å²) in [7, 11) is 1.38. The van der Waals surface area contributed by atoms with Crippen LogP contribution in [0, 0.1) is 0 Å². The van der Waals surface area contributed by atoms with Crippen molar-refractivity contribution in [3.8, 4) is 0 Å². The van der Waals surface area contributed by atoms with Crippen molar-refractivity contribution < 1.29 is 18.0 Å². The van der Waals surface area contributed by atoms with Crippen molar-refractivity contribution in [3.05, 3.63) is 47.5 Å². The molecule has 27 heavy (non-hydrogen) atoms. The summed E-state index contributed by atoms with van der Waals surface area (Å²) in [6, 6.07) is 3.87. The van der Waals surface area contributed by atoms with Gasteiger partial charge in [0.05, 0.1) is 5.56 Å². The highest BCUT2D eigenvalue weighted by Crippen LogP contribution is 2.35. The smallest absolute Gasteiger partial charge is 0.346 e. The molecule has 3 aromatic rings. The molecule has 1 aliphatic rings. The number of nitrogens with one attached hydrogen (secondary N) is 1. The molecular formula is C18H18F3N5O. The molecule has 0 radical (unpaired) electrons. The fraction of sp³-hybridized carbons (Fsp3) is 0.389.